The highest BCUT2D eigenvalue weighted by Crippen LogP contribution is 2.28. The molecule has 0 radical (unpaired) electrons. The van der Waals surface area contributed by atoms with Crippen LogP contribution in [0.4, 0.5) is 10.5 Å². The maximum Gasteiger partial charge on any atom is 0.319 e. The zero-order valence-corrected chi connectivity index (χ0v) is 14.1. The third-order valence-electron chi connectivity index (χ3n) is 3.98. The molecule has 2 atom stereocenters. The molecule has 128 valence electrons. The topological polar surface area (TPSA) is 68.2 Å². The fraction of sp³-hybridized carbons (Fsp3) is 0.444. The first kappa shape index (κ1) is 16.5. The number of rotatable bonds is 5. The van der Waals surface area contributed by atoms with Gasteiger partial charge in [0, 0.05) is 19.3 Å². The Hall–Kier alpha value is -2.34. The Morgan fingerprint density at radius 2 is 2.17 bits per heavy atom. The molecule has 6 nitrogen and oxygen atoms in total. The zero-order chi connectivity index (χ0) is 16.9. The number of hydrogen-bond donors (Lipinski definition) is 2. The monoisotopic (exact) mass is 328 g/mol. The van der Waals surface area contributed by atoms with E-state index in [9.17, 15) is 4.79 Å². The summed E-state index contributed by atoms with van der Waals surface area (Å²) >= 11 is 0. The van der Waals surface area contributed by atoms with Crippen molar-refractivity contribution in [2.75, 3.05) is 11.9 Å². The second-order valence-corrected chi connectivity index (χ2v) is 6.54. The zero-order valence-electron chi connectivity index (χ0n) is 14.1. The van der Waals surface area contributed by atoms with Crippen molar-refractivity contribution in [3.05, 3.63) is 48.3 Å². The van der Waals surface area contributed by atoms with Gasteiger partial charge in [-0.15, -0.1) is 0 Å². The van der Waals surface area contributed by atoms with Gasteiger partial charge in [0.05, 0.1) is 17.9 Å². The van der Waals surface area contributed by atoms with Crippen molar-refractivity contribution in [1.82, 2.24) is 15.1 Å². The number of amides is 2. The molecular weight excluding hydrogens is 304 g/mol. The first-order valence-electron chi connectivity index (χ1n) is 8.38. The van der Waals surface area contributed by atoms with E-state index in [2.05, 4.69) is 29.6 Å². The number of nitrogens with zero attached hydrogens (tertiary/aromatic N) is 2. The highest BCUT2D eigenvalue weighted by molar-refractivity contribution is 5.89. The van der Waals surface area contributed by atoms with Crippen LogP contribution in [0.3, 0.4) is 0 Å². The van der Waals surface area contributed by atoms with Gasteiger partial charge in [0.15, 0.2) is 0 Å². The Balaban J connectivity index is 1.57. The van der Waals surface area contributed by atoms with E-state index >= 15 is 0 Å². The van der Waals surface area contributed by atoms with Crippen molar-refractivity contribution in [2.45, 2.75) is 39.0 Å². The number of anilines is 1. The van der Waals surface area contributed by atoms with E-state index in [-0.39, 0.29) is 18.2 Å². The Morgan fingerprint density at radius 1 is 1.38 bits per heavy atom. The second-order valence-electron chi connectivity index (χ2n) is 6.54. The van der Waals surface area contributed by atoms with Crippen LogP contribution < -0.4 is 10.6 Å². The Labute approximate surface area is 142 Å². The lowest BCUT2D eigenvalue weighted by Crippen LogP contribution is -2.39. The average Bonchev–Trinajstić information content (AvgIpc) is 3.17. The van der Waals surface area contributed by atoms with E-state index in [0.717, 1.165) is 18.5 Å². The van der Waals surface area contributed by atoms with Gasteiger partial charge in [-0.1, -0.05) is 44.2 Å². The molecule has 24 heavy (non-hydrogen) atoms. The van der Waals surface area contributed by atoms with Crippen molar-refractivity contribution in [2.24, 2.45) is 5.92 Å². The summed E-state index contributed by atoms with van der Waals surface area (Å²) in [5, 5.41) is 10.1. The second kappa shape index (κ2) is 7.49. The molecule has 1 fully saturated rings. The molecule has 1 aliphatic heterocycles. The summed E-state index contributed by atoms with van der Waals surface area (Å²) in [6, 6.07) is 9.74. The quantitative estimate of drug-likeness (QED) is 0.886. The molecule has 1 saturated heterocycles. The smallest absolute Gasteiger partial charge is 0.319 e. The number of carbonyl (C=O) groups excluding carboxylic acids is 1. The van der Waals surface area contributed by atoms with Gasteiger partial charge in [-0.25, -0.2) is 4.79 Å². The van der Waals surface area contributed by atoms with Gasteiger partial charge < -0.3 is 15.4 Å². The molecule has 2 N–H and O–H groups in total. The molecule has 0 spiro atoms. The van der Waals surface area contributed by atoms with E-state index in [1.54, 1.807) is 6.20 Å². The summed E-state index contributed by atoms with van der Waals surface area (Å²) in [6.45, 7) is 5.74. The van der Waals surface area contributed by atoms with Crippen LogP contribution in [0.5, 0.6) is 0 Å². The summed E-state index contributed by atoms with van der Waals surface area (Å²) in [5.41, 5.74) is 1.79. The Bertz CT molecular complexity index is 669. The molecule has 2 heterocycles. The van der Waals surface area contributed by atoms with Crippen LogP contribution in [0.25, 0.3) is 0 Å². The highest BCUT2D eigenvalue weighted by Gasteiger charge is 2.30. The Morgan fingerprint density at radius 3 is 2.92 bits per heavy atom. The minimum absolute atomic E-state index is 0.0295. The lowest BCUT2D eigenvalue weighted by Gasteiger charge is -2.20. The van der Waals surface area contributed by atoms with Crippen LogP contribution in [-0.2, 0) is 11.3 Å². The minimum Gasteiger partial charge on any atom is -0.371 e. The summed E-state index contributed by atoms with van der Waals surface area (Å²) in [5.74, 6) is 0.508. The number of urea groups is 1. The number of ether oxygens (including phenoxy) is 1. The van der Waals surface area contributed by atoms with Gasteiger partial charge in [0.25, 0.3) is 0 Å². The molecule has 0 saturated carbocycles. The highest BCUT2D eigenvalue weighted by atomic mass is 16.5. The van der Waals surface area contributed by atoms with Crippen molar-refractivity contribution in [1.29, 1.82) is 0 Å². The predicted molar refractivity (Wildman–Crippen MR) is 92.8 cm³/mol. The van der Waals surface area contributed by atoms with Crippen LogP contribution in [0.15, 0.2) is 42.7 Å². The summed E-state index contributed by atoms with van der Waals surface area (Å²) in [4.78, 5) is 12.3. The summed E-state index contributed by atoms with van der Waals surface area (Å²) in [6.07, 6.45) is 4.22. The number of aromatic nitrogens is 2. The van der Waals surface area contributed by atoms with E-state index in [4.69, 9.17) is 4.74 Å². The normalized spacial score (nSPS) is 20.3. The van der Waals surface area contributed by atoms with Gasteiger partial charge >= 0.3 is 6.03 Å². The lowest BCUT2D eigenvalue weighted by atomic mass is 10.0. The van der Waals surface area contributed by atoms with Crippen molar-refractivity contribution in [3.63, 3.8) is 0 Å². The lowest BCUT2D eigenvalue weighted by molar-refractivity contribution is 0.100. The minimum atomic E-state index is -0.226. The van der Waals surface area contributed by atoms with E-state index in [0.29, 0.717) is 18.2 Å². The molecule has 2 unspecified atom stereocenters. The fourth-order valence-corrected chi connectivity index (χ4v) is 2.95. The number of carbonyl (C=O) groups is 1. The van der Waals surface area contributed by atoms with Gasteiger partial charge in [-0.2, -0.15) is 5.10 Å². The van der Waals surface area contributed by atoms with E-state index < -0.39 is 0 Å². The van der Waals surface area contributed by atoms with Crippen molar-refractivity contribution in [3.8, 4) is 0 Å². The van der Waals surface area contributed by atoms with Gasteiger partial charge in [-0.05, 0) is 17.9 Å². The molecule has 1 aliphatic rings. The Kier molecular flexibility index (Phi) is 5.15. The molecule has 0 aliphatic carbocycles. The van der Waals surface area contributed by atoms with Gasteiger partial charge in [0.1, 0.15) is 6.10 Å². The van der Waals surface area contributed by atoms with E-state index in [1.165, 1.54) is 0 Å². The van der Waals surface area contributed by atoms with Crippen LogP contribution in [-0.4, -0.2) is 28.5 Å². The van der Waals surface area contributed by atoms with Gasteiger partial charge in [0.2, 0.25) is 0 Å². The molecular formula is C18H24N4O2. The van der Waals surface area contributed by atoms with E-state index in [1.807, 2.05) is 41.2 Å². The summed E-state index contributed by atoms with van der Waals surface area (Å²) in [7, 11) is 0. The summed E-state index contributed by atoms with van der Waals surface area (Å²) < 4.78 is 7.63. The molecule has 6 heteroatoms. The SMILES string of the molecule is CC(C)Cn1cc(NC(=O)NC2CCOC2c2ccccc2)cn1. The van der Waals surface area contributed by atoms with Crippen LogP contribution >= 0.6 is 0 Å². The van der Waals surface area contributed by atoms with Crippen LogP contribution in [0, 0.1) is 5.92 Å². The molecule has 0 bridgehead atoms. The predicted octanol–water partition coefficient (Wildman–Crippen LogP) is 3.19. The third-order valence-corrected chi connectivity index (χ3v) is 3.98. The standard InChI is InChI=1S/C18H24N4O2/c1-13(2)11-22-12-15(10-19-22)20-18(23)21-16-8-9-24-17(16)14-6-4-3-5-7-14/h3-7,10,12-13,16-17H,8-9,11H2,1-2H3,(H2,20,21,23). The van der Waals surface area contributed by atoms with Crippen molar-refractivity contribution < 1.29 is 9.53 Å². The molecule has 2 aromatic rings. The first-order valence-corrected chi connectivity index (χ1v) is 8.38. The molecule has 1 aromatic heterocycles. The van der Waals surface area contributed by atoms with Crippen LogP contribution in [0.2, 0.25) is 0 Å². The third kappa shape index (κ3) is 4.14. The first-order chi connectivity index (χ1) is 11.6. The van der Waals surface area contributed by atoms with Crippen LogP contribution in [0.1, 0.15) is 31.9 Å². The number of benzene rings is 1. The molecule has 1 aromatic carbocycles. The number of hydrogen-bond acceptors (Lipinski definition) is 3. The fourth-order valence-electron chi connectivity index (χ4n) is 2.95. The average molecular weight is 328 g/mol. The molecule has 2 amide bonds. The largest absolute Gasteiger partial charge is 0.371 e. The maximum absolute atomic E-state index is 12.3. The number of nitrogens with one attached hydrogen (secondary N) is 2. The maximum atomic E-state index is 12.3. The molecule has 3 rings (SSSR count). The van der Waals surface area contributed by atoms with Gasteiger partial charge in [-0.3, -0.25) is 4.68 Å². The van der Waals surface area contributed by atoms with Crippen molar-refractivity contribution >= 4 is 11.7 Å².